The number of nitrogens with one attached hydrogen (secondary N) is 1. The van der Waals surface area contributed by atoms with Crippen LogP contribution in [-0.4, -0.2) is 47.2 Å². The van der Waals surface area contributed by atoms with Crippen LogP contribution in [0.5, 0.6) is 0 Å². The van der Waals surface area contributed by atoms with Gasteiger partial charge in [0.15, 0.2) is 0 Å². The van der Waals surface area contributed by atoms with Crippen LogP contribution in [0, 0.1) is 12.8 Å². The maximum absolute atomic E-state index is 12.7. The van der Waals surface area contributed by atoms with Crippen molar-refractivity contribution in [2.45, 2.75) is 33.7 Å². The Labute approximate surface area is 177 Å². The Morgan fingerprint density at radius 3 is 2.27 bits per heavy atom. The topological polar surface area (TPSA) is 69.7 Å². The second-order valence-corrected chi connectivity index (χ2v) is 7.70. The number of nitrogens with zero attached hydrogens (tertiary/aromatic N) is 2. The molecular weight excluding hydrogens is 378 g/mol. The van der Waals surface area contributed by atoms with Gasteiger partial charge in [0.25, 0.3) is 5.91 Å². The van der Waals surface area contributed by atoms with Crippen LogP contribution in [0.4, 0.5) is 5.69 Å². The third-order valence-corrected chi connectivity index (χ3v) is 5.53. The molecule has 1 N–H and O–H groups in total. The zero-order chi connectivity index (χ0) is 21.7. The number of hydrogen-bond donors (Lipinski definition) is 1. The molecular formula is C24H29N3O3. The number of carbonyl (C=O) groups is 3. The zero-order valence-electron chi connectivity index (χ0n) is 17.9. The second kappa shape index (κ2) is 9.57. The molecule has 1 aliphatic heterocycles. The van der Waals surface area contributed by atoms with E-state index in [4.69, 9.17) is 0 Å². The van der Waals surface area contributed by atoms with E-state index in [1.54, 1.807) is 34.1 Å². The van der Waals surface area contributed by atoms with E-state index in [1.165, 1.54) is 5.56 Å². The summed E-state index contributed by atoms with van der Waals surface area (Å²) in [4.78, 5) is 40.9. The Balaban J connectivity index is 1.57. The van der Waals surface area contributed by atoms with Crippen molar-refractivity contribution in [3.05, 3.63) is 65.2 Å². The average molecular weight is 408 g/mol. The normalized spacial score (nSPS) is 15.9. The lowest BCUT2D eigenvalue weighted by molar-refractivity contribution is -0.128. The monoisotopic (exact) mass is 407 g/mol. The number of amides is 3. The lowest BCUT2D eigenvalue weighted by atomic mass is 10.1. The van der Waals surface area contributed by atoms with Gasteiger partial charge in [0, 0.05) is 43.9 Å². The van der Waals surface area contributed by atoms with Gasteiger partial charge in [0.1, 0.15) is 0 Å². The Bertz CT molecular complexity index is 902. The van der Waals surface area contributed by atoms with Gasteiger partial charge in [-0.15, -0.1) is 0 Å². The van der Waals surface area contributed by atoms with E-state index in [0.717, 1.165) is 5.56 Å². The van der Waals surface area contributed by atoms with E-state index in [2.05, 4.69) is 5.32 Å². The Morgan fingerprint density at radius 2 is 1.67 bits per heavy atom. The summed E-state index contributed by atoms with van der Waals surface area (Å²) in [7, 11) is 0. The zero-order valence-corrected chi connectivity index (χ0v) is 17.9. The molecule has 1 atom stereocenters. The van der Waals surface area contributed by atoms with Gasteiger partial charge in [-0.05, 0) is 50.6 Å². The highest BCUT2D eigenvalue weighted by atomic mass is 16.2. The maximum atomic E-state index is 12.7. The molecule has 0 saturated carbocycles. The fourth-order valence-electron chi connectivity index (χ4n) is 3.65. The summed E-state index contributed by atoms with van der Waals surface area (Å²) in [5, 5.41) is 2.88. The standard InChI is InChI=1S/C24H29N3O3/c1-4-26(5-2)24(30)19-10-12-21(13-11-19)25-23(29)20-14-22(28)27(16-20)15-18-8-6-17(3)7-9-18/h6-13,20H,4-5,14-16H2,1-3H3,(H,25,29)/t20-/m1/s1. The van der Waals surface area contributed by atoms with Gasteiger partial charge in [-0.2, -0.15) is 0 Å². The molecule has 1 fully saturated rings. The molecule has 0 unspecified atom stereocenters. The van der Waals surface area contributed by atoms with Crippen LogP contribution in [0.3, 0.4) is 0 Å². The van der Waals surface area contributed by atoms with Crippen LogP contribution in [0.2, 0.25) is 0 Å². The Hall–Kier alpha value is -3.15. The first-order valence-electron chi connectivity index (χ1n) is 10.4. The first kappa shape index (κ1) is 21.6. The molecule has 30 heavy (non-hydrogen) atoms. The molecule has 2 aromatic rings. The molecule has 3 amide bonds. The quantitative estimate of drug-likeness (QED) is 0.764. The van der Waals surface area contributed by atoms with Crippen molar-refractivity contribution in [3.63, 3.8) is 0 Å². The summed E-state index contributed by atoms with van der Waals surface area (Å²) in [6.07, 6.45) is 0.218. The van der Waals surface area contributed by atoms with E-state index in [1.807, 2.05) is 45.0 Å². The first-order chi connectivity index (χ1) is 14.4. The number of anilines is 1. The molecule has 1 aliphatic rings. The minimum Gasteiger partial charge on any atom is -0.339 e. The van der Waals surface area contributed by atoms with Gasteiger partial charge in [0.05, 0.1) is 5.92 Å². The van der Waals surface area contributed by atoms with Gasteiger partial charge in [0.2, 0.25) is 11.8 Å². The predicted molar refractivity (Wildman–Crippen MR) is 117 cm³/mol. The highest BCUT2D eigenvalue weighted by Crippen LogP contribution is 2.22. The summed E-state index contributed by atoms with van der Waals surface area (Å²) in [5.74, 6) is -0.570. The fourth-order valence-corrected chi connectivity index (χ4v) is 3.65. The van der Waals surface area contributed by atoms with Crippen molar-refractivity contribution in [1.82, 2.24) is 9.80 Å². The van der Waals surface area contributed by atoms with E-state index in [0.29, 0.717) is 37.4 Å². The van der Waals surface area contributed by atoms with Crippen LogP contribution < -0.4 is 5.32 Å². The predicted octanol–water partition coefficient (Wildman–Crippen LogP) is 3.46. The van der Waals surface area contributed by atoms with E-state index in [9.17, 15) is 14.4 Å². The number of benzene rings is 2. The number of carbonyl (C=O) groups excluding carboxylic acids is 3. The number of likely N-dealkylation sites (tertiary alicyclic amines) is 1. The highest BCUT2D eigenvalue weighted by molar-refractivity contribution is 5.98. The molecule has 158 valence electrons. The van der Waals surface area contributed by atoms with Crippen molar-refractivity contribution in [1.29, 1.82) is 0 Å². The molecule has 3 rings (SSSR count). The van der Waals surface area contributed by atoms with Gasteiger partial charge in [-0.3, -0.25) is 14.4 Å². The van der Waals surface area contributed by atoms with E-state index in [-0.39, 0.29) is 30.1 Å². The largest absolute Gasteiger partial charge is 0.339 e. The molecule has 6 nitrogen and oxygen atoms in total. The van der Waals surface area contributed by atoms with E-state index >= 15 is 0 Å². The summed E-state index contributed by atoms with van der Waals surface area (Å²) < 4.78 is 0. The summed E-state index contributed by atoms with van der Waals surface area (Å²) in [6, 6.07) is 15.0. The van der Waals surface area contributed by atoms with Gasteiger partial charge < -0.3 is 15.1 Å². The molecule has 0 aliphatic carbocycles. The van der Waals surface area contributed by atoms with Crippen molar-refractivity contribution in [2.24, 2.45) is 5.92 Å². The molecule has 1 heterocycles. The summed E-state index contributed by atoms with van der Waals surface area (Å²) in [5.41, 5.74) is 3.45. The number of aryl methyl sites for hydroxylation is 1. The Morgan fingerprint density at radius 1 is 1.03 bits per heavy atom. The van der Waals surface area contributed by atoms with Crippen LogP contribution in [0.15, 0.2) is 48.5 Å². The second-order valence-electron chi connectivity index (χ2n) is 7.70. The number of hydrogen-bond acceptors (Lipinski definition) is 3. The Kier molecular flexibility index (Phi) is 6.87. The minimum atomic E-state index is -0.375. The van der Waals surface area contributed by atoms with Crippen molar-refractivity contribution < 1.29 is 14.4 Å². The van der Waals surface area contributed by atoms with Gasteiger partial charge in [-0.1, -0.05) is 29.8 Å². The molecule has 0 bridgehead atoms. The van der Waals surface area contributed by atoms with Crippen molar-refractivity contribution in [2.75, 3.05) is 25.0 Å². The summed E-state index contributed by atoms with van der Waals surface area (Å²) in [6.45, 7) is 8.16. The SMILES string of the molecule is CCN(CC)C(=O)c1ccc(NC(=O)[C@@H]2CC(=O)N(Cc3ccc(C)cc3)C2)cc1. The van der Waals surface area contributed by atoms with E-state index < -0.39 is 0 Å². The highest BCUT2D eigenvalue weighted by Gasteiger charge is 2.34. The molecule has 1 saturated heterocycles. The molecule has 0 radical (unpaired) electrons. The van der Waals surface area contributed by atoms with Crippen LogP contribution in [0.25, 0.3) is 0 Å². The third kappa shape index (κ3) is 5.06. The lowest BCUT2D eigenvalue weighted by Gasteiger charge is -2.19. The third-order valence-electron chi connectivity index (χ3n) is 5.53. The number of rotatable bonds is 7. The molecule has 6 heteroatoms. The molecule has 0 spiro atoms. The van der Waals surface area contributed by atoms with Gasteiger partial charge >= 0.3 is 0 Å². The fraction of sp³-hybridized carbons (Fsp3) is 0.375. The summed E-state index contributed by atoms with van der Waals surface area (Å²) >= 11 is 0. The van der Waals surface area contributed by atoms with Crippen LogP contribution in [0.1, 0.15) is 41.8 Å². The minimum absolute atomic E-state index is 0.00380. The molecule has 0 aromatic heterocycles. The smallest absolute Gasteiger partial charge is 0.253 e. The molecule has 2 aromatic carbocycles. The average Bonchev–Trinajstić information content (AvgIpc) is 3.11. The van der Waals surface area contributed by atoms with Crippen molar-refractivity contribution >= 4 is 23.4 Å². The first-order valence-corrected chi connectivity index (χ1v) is 10.4. The van der Waals surface area contributed by atoms with Crippen LogP contribution in [-0.2, 0) is 16.1 Å². The van der Waals surface area contributed by atoms with Crippen LogP contribution >= 0.6 is 0 Å². The van der Waals surface area contributed by atoms with Gasteiger partial charge in [-0.25, -0.2) is 0 Å². The lowest BCUT2D eigenvalue weighted by Crippen LogP contribution is -2.30. The van der Waals surface area contributed by atoms with Crippen molar-refractivity contribution in [3.8, 4) is 0 Å². The maximum Gasteiger partial charge on any atom is 0.253 e.